The Morgan fingerprint density at radius 1 is 1.10 bits per heavy atom. The fourth-order valence-electron chi connectivity index (χ4n) is 3.91. The highest BCUT2D eigenvalue weighted by atomic mass is 16.5. The number of nitrogens with zero attached hydrogens (tertiary/aromatic N) is 2. The molecule has 0 unspecified atom stereocenters. The molecule has 0 radical (unpaired) electrons. The molecule has 1 aliphatic rings. The number of para-hydroxylation sites is 1. The maximum atomic E-state index is 12.7. The number of aromatic nitrogens is 2. The number of carbonyl (C=O) groups is 2. The van der Waals surface area contributed by atoms with Crippen LogP contribution < -0.4 is 16.3 Å². The van der Waals surface area contributed by atoms with Crippen molar-refractivity contribution in [3.63, 3.8) is 0 Å². The van der Waals surface area contributed by atoms with E-state index in [1.807, 2.05) is 24.3 Å². The van der Waals surface area contributed by atoms with E-state index < -0.39 is 11.7 Å². The lowest BCUT2D eigenvalue weighted by Gasteiger charge is -2.17. The van der Waals surface area contributed by atoms with Crippen LogP contribution in [0.5, 0.6) is 0 Å². The van der Waals surface area contributed by atoms with Gasteiger partial charge in [-0.3, -0.25) is 9.36 Å². The Bertz CT molecular complexity index is 1160. The molecule has 3 aromatic rings. The molecule has 2 N–H and O–H groups in total. The molecule has 31 heavy (non-hydrogen) atoms. The number of benzene rings is 2. The number of rotatable bonds is 6. The van der Waals surface area contributed by atoms with Crippen molar-refractivity contribution in [1.29, 1.82) is 0 Å². The van der Waals surface area contributed by atoms with Gasteiger partial charge in [0.25, 0.3) is 0 Å². The Morgan fingerprint density at radius 2 is 1.81 bits per heavy atom. The van der Waals surface area contributed by atoms with Crippen LogP contribution in [0.1, 0.15) is 36.0 Å². The standard InChI is InChI=1S/C23H24N4O4/c1-31-22(29)15-10-12-17(13-11-15)24-20(28)14-27-19-9-5-4-8-18(19)21(26-23(27)30)25-16-6-2-3-7-16/h4-5,8-13,16H,2-3,6-7,14H2,1H3,(H,24,28)(H,25,26,30). The highest BCUT2D eigenvalue weighted by Gasteiger charge is 2.18. The second-order valence-electron chi connectivity index (χ2n) is 7.59. The Labute approximate surface area is 179 Å². The fraction of sp³-hybridized carbons (Fsp3) is 0.304. The van der Waals surface area contributed by atoms with Gasteiger partial charge in [0, 0.05) is 17.1 Å². The van der Waals surface area contributed by atoms with Gasteiger partial charge in [0.15, 0.2) is 0 Å². The van der Waals surface area contributed by atoms with Crippen molar-refractivity contribution in [3.8, 4) is 0 Å². The first-order chi connectivity index (χ1) is 15.0. The Morgan fingerprint density at radius 3 is 2.52 bits per heavy atom. The summed E-state index contributed by atoms with van der Waals surface area (Å²) < 4.78 is 6.03. The summed E-state index contributed by atoms with van der Waals surface area (Å²) in [5.41, 5.74) is 1.08. The van der Waals surface area contributed by atoms with E-state index >= 15 is 0 Å². The number of fused-ring (bicyclic) bond motifs is 1. The zero-order valence-corrected chi connectivity index (χ0v) is 17.3. The molecule has 8 nitrogen and oxygen atoms in total. The topological polar surface area (TPSA) is 102 Å². The molecule has 0 atom stereocenters. The average molecular weight is 420 g/mol. The van der Waals surface area contributed by atoms with Gasteiger partial charge in [-0.1, -0.05) is 25.0 Å². The third-order valence-electron chi connectivity index (χ3n) is 5.48. The first-order valence-electron chi connectivity index (χ1n) is 10.3. The van der Waals surface area contributed by atoms with Gasteiger partial charge in [-0.15, -0.1) is 0 Å². The maximum absolute atomic E-state index is 12.7. The summed E-state index contributed by atoms with van der Waals surface area (Å²) in [5.74, 6) is -0.243. The molecule has 1 amide bonds. The van der Waals surface area contributed by atoms with Crippen molar-refractivity contribution in [2.75, 3.05) is 17.7 Å². The lowest BCUT2D eigenvalue weighted by atomic mass is 10.2. The lowest BCUT2D eigenvalue weighted by Crippen LogP contribution is -2.31. The van der Waals surface area contributed by atoms with E-state index in [9.17, 15) is 14.4 Å². The molecule has 2 aromatic carbocycles. The smallest absolute Gasteiger partial charge is 0.350 e. The second kappa shape index (κ2) is 8.99. The minimum atomic E-state index is -0.476. The quantitative estimate of drug-likeness (QED) is 0.594. The average Bonchev–Trinajstić information content (AvgIpc) is 3.29. The monoisotopic (exact) mass is 420 g/mol. The van der Waals surface area contributed by atoms with E-state index in [2.05, 4.69) is 20.4 Å². The molecule has 1 saturated carbocycles. The van der Waals surface area contributed by atoms with Crippen LogP contribution in [0.2, 0.25) is 0 Å². The number of ether oxygens (including phenoxy) is 1. The van der Waals surface area contributed by atoms with E-state index in [0.717, 1.165) is 18.2 Å². The summed E-state index contributed by atoms with van der Waals surface area (Å²) in [6.45, 7) is -0.172. The van der Waals surface area contributed by atoms with Crippen molar-refractivity contribution in [1.82, 2.24) is 9.55 Å². The Balaban J connectivity index is 1.55. The van der Waals surface area contributed by atoms with Crippen LogP contribution in [0.3, 0.4) is 0 Å². The molecule has 1 heterocycles. The summed E-state index contributed by atoms with van der Waals surface area (Å²) >= 11 is 0. The molecule has 0 bridgehead atoms. The predicted octanol–water partition coefficient (Wildman–Crippen LogP) is 3.18. The number of carbonyl (C=O) groups excluding carboxylic acids is 2. The van der Waals surface area contributed by atoms with Crippen LogP contribution in [0.25, 0.3) is 10.9 Å². The Kier molecular flexibility index (Phi) is 5.97. The third kappa shape index (κ3) is 4.58. The second-order valence-corrected chi connectivity index (χ2v) is 7.59. The van der Waals surface area contributed by atoms with Crippen LogP contribution in [0, 0.1) is 0 Å². The van der Waals surface area contributed by atoms with E-state index in [4.69, 9.17) is 0 Å². The summed E-state index contributed by atoms with van der Waals surface area (Å²) in [6.07, 6.45) is 4.48. The number of hydrogen-bond donors (Lipinski definition) is 2. The van der Waals surface area contributed by atoms with Crippen LogP contribution in [0.4, 0.5) is 11.5 Å². The third-order valence-corrected chi connectivity index (χ3v) is 5.48. The van der Waals surface area contributed by atoms with Crippen molar-refractivity contribution < 1.29 is 14.3 Å². The zero-order chi connectivity index (χ0) is 21.8. The van der Waals surface area contributed by atoms with Crippen molar-refractivity contribution in [2.45, 2.75) is 38.3 Å². The van der Waals surface area contributed by atoms with Crippen LogP contribution in [-0.2, 0) is 16.1 Å². The number of hydrogen-bond acceptors (Lipinski definition) is 6. The molecule has 4 rings (SSSR count). The van der Waals surface area contributed by atoms with Gasteiger partial charge in [-0.25, -0.2) is 9.59 Å². The summed E-state index contributed by atoms with van der Waals surface area (Å²) in [7, 11) is 1.31. The molecule has 1 aromatic heterocycles. The van der Waals surface area contributed by atoms with Crippen molar-refractivity contribution in [3.05, 3.63) is 64.6 Å². The van der Waals surface area contributed by atoms with Crippen LogP contribution in [-0.4, -0.2) is 34.6 Å². The van der Waals surface area contributed by atoms with E-state index in [-0.39, 0.29) is 12.5 Å². The van der Waals surface area contributed by atoms with E-state index in [1.54, 1.807) is 24.3 Å². The summed E-state index contributed by atoms with van der Waals surface area (Å²) in [6, 6.07) is 14.1. The predicted molar refractivity (Wildman–Crippen MR) is 118 cm³/mol. The number of esters is 1. The molecule has 1 fully saturated rings. The lowest BCUT2D eigenvalue weighted by molar-refractivity contribution is -0.116. The SMILES string of the molecule is COC(=O)c1ccc(NC(=O)Cn2c(=O)nc(NC3CCCC3)c3ccccc32)cc1. The number of amides is 1. The van der Waals surface area contributed by atoms with Gasteiger partial charge in [0.2, 0.25) is 5.91 Å². The fourth-order valence-corrected chi connectivity index (χ4v) is 3.91. The van der Waals surface area contributed by atoms with E-state index in [0.29, 0.717) is 28.6 Å². The van der Waals surface area contributed by atoms with Gasteiger partial charge >= 0.3 is 11.7 Å². The minimum Gasteiger partial charge on any atom is -0.465 e. The molecule has 0 spiro atoms. The number of nitrogens with one attached hydrogen (secondary N) is 2. The maximum Gasteiger partial charge on any atom is 0.350 e. The summed E-state index contributed by atoms with van der Waals surface area (Å²) in [5, 5.41) is 6.96. The number of anilines is 2. The molecule has 8 heteroatoms. The first-order valence-corrected chi connectivity index (χ1v) is 10.3. The van der Waals surface area contributed by atoms with Crippen LogP contribution >= 0.6 is 0 Å². The Hall–Kier alpha value is -3.68. The molecular weight excluding hydrogens is 396 g/mol. The van der Waals surface area contributed by atoms with Gasteiger partial charge in [-0.05, 0) is 49.2 Å². The largest absolute Gasteiger partial charge is 0.465 e. The van der Waals surface area contributed by atoms with Gasteiger partial charge < -0.3 is 15.4 Å². The van der Waals surface area contributed by atoms with E-state index in [1.165, 1.54) is 24.5 Å². The van der Waals surface area contributed by atoms with Crippen LogP contribution in [0.15, 0.2) is 53.3 Å². The molecule has 1 aliphatic carbocycles. The minimum absolute atomic E-state index is 0.172. The van der Waals surface area contributed by atoms with Gasteiger partial charge in [-0.2, -0.15) is 4.98 Å². The summed E-state index contributed by atoms with van der Waals surface area (Å²) in [4.78, 5) is 41.1. The highest BCUT2D eigenvalue weighted by Crippen LogP contribution is 2.25. The van der Waals surface area contributed by atoms with Gasteiger partial charge in [0.1, 0.15) is 12.4 Å². The van der Waals surface area contributed by atoms with Gasteiger partial charge in [0.05, 0.1) is 18.2 Å². The first kappa shape index (κ1) is 20.6. The molecule has 0 aliphatic heterocycles. The molecular formula is C23H24N4O4. The number of methoxy groups -OCH3 is 1. The normalized spacial score (nSPS) is 13.8. The highest BCUT2D eigenvalue weighted by molar-refractivity contribution is 5.94. The molecule has 0 saturated heterocycles. The molecule has 160 valence electrons. The van der Waals surface area contributed by atoms with Crippen molar-refractivity contribution in [2.24, 2.45) is 0 Å². The van der Waals surface area contributed by atoms with Crippen molar-refractivity contribution >= 4 is 34.3 Å². The zero-order valence-electron chi connectivity index (χ0n) is 17.3.